The summed E-state index contributed by atoms with van der Waals surface area (Å²) in [5, 5.41) is 8.44. The Morgan fingerprint density at radius 2 is 0.920 bits per heavy atom. The predicted molar refractivity (Wildman–Crippen MR) is 204 cm³/mol. The molecule has 0 bridgehead atoms. The van der Waals surface area contributed by atoms with Crippen LogP contribution in [-0.2, 0) is 0 Å². The summed E-state index contributed by atoms with van der Waals surface area (Å²) in [7, 11) is 0. The molecule has 1 aliphatic heterocycles. The molecule has 1 unspecified atom stereocenters. The summed E-state index contributed by atoms with van der Waals surface area (Å²) >= 11 is 0. The molecular weight excluding hydrogens is 611 g/mol. The number of nitrogens with zero attached hydrogens (tertiary/aromatic N) is 4. The van der Waals surface area contributed by atoms with Gasteiger partial charge in [-0.25, -0.2) is 15.0 Å². The van der Waals surface area contributed by atoms with Gasteiger partial charge in [-0.1, -0.05) is 170 Å². The van der Waals surface area contributed by atoms with Crippen LogP contribution in [-0.4, -0.2) is 20.7 Å². The zero-order chi connectivity index (χ0) is 33.3. The van der Waals surface area contributed by atoms with Crippen LogP contribution in [0.15, 0.2) is 181 Å². The molecule has 0 saturated carbocycles. The van der Waals surface area contributed by atoms with Crippen molar-refractivity contribution in [2.24, 2.45) is 4.99 Å². The van der Waals surface area contributed by atoms with E-state index in [0.717, 1.165) is 55.6 Å². The topological polar surface area (TPSA) is 63.1 Å². The van der Waals surface area contributed by atoms with Crippen molar-refractivity contribution in [3.05, 3.63) is 193 Å². The Balaban J connectivity index is 1.29. The van der Waals surface area contributed by atoms with Crippen molar-refractivity contribution < 1.29 is 0 Å². The number of hydrogen-bond donors (Lipinski definition) is 1. The van der Waals surface area contributed by atoms with E-state index in [4.69, 9.17) is 19.9 Å². The number of rotatable bonds is 6. The molecule has 1 aromatic heterocycles. The van der Waals surface area contributed by atoms with Gasteiger partial charge in [-0.2, -0.15) is 0 Å². The average Bonchev–Trinajstić information content (AvgIpc) is 3.21. The minimum atomic E-state index is -0.442. The van der Waals surface area contributed by atoms with Gasteiger partial charge in [0.05, 0.1) is 5.71 Å². The number of aromatic nitrogens is 3. The number of allylic oxidation sites excluding steroid dienone is 1. The molecule has 5 heteroatoms. The van der Waals surface area contributed by atoms with Crippen LogP contribution >= 0.6 is 0 Å². The van der Waals surface area contributed by atoms with Crippen molar-refractivity contribution in [3.8, 4) is 34.2 Å². The fraction of sp³-hybridized carbons (Fsp3) is 0.0222. The maximum absolute atomic E-state index is 5.43. The lowest BCUT2D eigenvalue weighted by Gasteiger charge is -2.28. The van der Waals surface area contributed by atoms with Crippen molar-refractivity contribution >= 4 is 33.0 Å². The zero-order valence-corrected chi connectivity index (χ0v) is 27.1. The molecule has 0 aliphatic carbocycles. The Kier molecular flexibility index (Phi) is 7.48. The van der Waals surface area contributed by atoms with Crippen molar-refractivity contribution in [2.45, 2.75) is 6.17 Å². The first-order chi connectivity index (χ1) is 24.8. The first-order valence-corrected chi connectivity index (χ1v) is 16.8. The molecule has 0 fully saturated rings. The van der Waals surface area contributed by atoms with E-state index in [1.54, 1.807) is 0 Å². The first kappa shape index (κ1) is 29.4. The van der Waals surface area contributed by atoms with Gasteiger partial charge in [0.1, 0.15) is 6.17 Å². The Morgan fingerprint density at radius 3 is 1.58 bits per heavy atom. The molecule has 236 valence electrons. The number of hydrogen-bond acceptors (Lipinski definition) is 5. The van der Waals surface area contributed by atoms with Crippen molar-refractivity contribution in [1.82, 2.24) is 20.3 Å². The second-order valence-corrected chi connectivity index (χ2v) is 12.3. The molecule has 0 spiro atoms. The molecule has 1 atom stereocenters. The van der Waals surface area contributed by atoms with Gasteiger partial charge in [-0.15, -0.1) is 0 Å². The number of aliphatic imine (C=N–C) groups is 1. The third kappa shape index (κ3) is 5.51. The van der Waals surface area contributed by atoms with Crippen LogP contribution in [0.4, 0.5) is 0 Å². The van der Waals surface area contributed by atoms with Crippen LogP contribution in [0.1, 0.15) is 22.9 Å². The van der Waals surface area contributed by atoms with Crippen LogP contribution in [0.5, 0.6) is 0 Å². The third-order valence-corrected chi connectivity index (χ3v) is 9.18. The summed E-state index contributed by atoms with van der Waals surface area (Å²) in [6.07, 6.45) is 1.73. The summed E-state index contributed by atoms with van der Waals surface area (Å²) in [6.45, 7) is 0. The Labute approximate surface area is 290 Å². The van der Waals surface area contributed by atoms with E-state index in [9.17, 15) is 0 Å². The van der Waals surface area contributed by atoms with Gasteiger partial charge < -0.3 is 5.32 Å². The van der Waals surface area contributed by atoms with E-state index in [-0.39, 0.29) is 0 Å². The number of fused-ring (bicyclic) bond motifs is 2. The first-order valence-electron chi connectivity index (χ1n) is 16.8. The van der Waals surface area contributed by atoms with Gasteiger partial charge in [0.2, 0.25) is 0 Å². The molecule has 0 radical (unpaired) electrons. The second kappa shape index (κ2) is 12.7. The minimum absolute atomic E-state index is 0.442. The summed E-state index contributed by atoms with van der Waals surface area (Å²) in [5.74, 6) is 1.84. The highest BCUT2D eigenvalue weighted by molar-refractivity contribution is 6.14. The average molecular weight is 642 g/mol. The SMILES string of the molecule is C1=C(c2cccc3ccccc23)NC(c2c(-c3nc(-c4ccccc4)nc(-c4ccccc4)n3)ccc3ccccc23)N=C1c1ccccc1. The molecule has 2 heterocycles. The standard InChI is InChI=1S/C45H31N5/c1-4-17-32(18-5-1)39-29-40(37-26-14-23-30-15-10-12-24-35(30)37)47-45(46-39)41-36-25-13-11-16-31(36)27-28-38(41)44-49-42(33-19-6-2-7-20-33)48-43(50-44)34-21-8-3-9-22-34/h1-29,45,47H. The number of benzene rings is 7. The van der Waals surface area contributed by atoms with Gasteiger partial charge in [0, 0.05) is 33.5 Å². The lowest BCUT2D eigenvalue weighted by molar-refractivity contribution is 0.670. The van der Waals surface area contributed by atoms with Crippen molar-refractivity contribution in [2.75, 3.05) is 0 Å². The maximum Gasteiger partial charge on any atom is 0.164 e. The second-order valence-electron chi connectivity index (χ2n) is 12.3. The van der Waals surface area contributed by atoms with E-state index in [0.29, 0.717) is 17.5 Å². The molecule has 0 amide bonds. The Bertz CT molecular complexity index is 2500. The summed E-state index contributed by atoms with van der Waals surface area (Å²) in [5.41, 5.74) is 7.84. The van der Waals surface area contributed by atoms with Crippen LogP contribution in [0, 0.1) is 0 Å². The van der Waals surface area contributed by atoms with E-state index >= 15 is 0 Å². The van der Waals surface area contributed by atoms with E-state index in [2.05, 4.69) is 115 Å². The Hall–Kier alpha value is -6.72. The minimum Gasteiger partial charge on any atom is -0.359 e. The zero-order valence-electron chi connectivity index (χ0n) is 27.1. The molecular formula is C45H31N5. The fourth-order valence-electron chi connectivity index (χ4n) is 6.77. The Morgan fingerprint density at radius 1 is 0.400 bits per heavy atom. The molecule has 8 aromatic rings. The molecule has 5 nitrogen and oxygen atoms in total. The normalized spacial score (nSPS) is 14.2. The van der Waals surface area contributed by atoms with Gasteiger partial charge in [0.25, 0.3) is 0 Å². The molecule has 7 aromatic carbocycles. The summed E-state index contributed by atoms with van der Waals surface area (Å²) < 4.78 is 0. The van der Waals surface area contributed by atoms with Gasteiger partial charge in [0.15, 0.2) is 17.5 Å². The maximum atomic E-state index is 5.43. The van der Waals surface area contributed by atoms with Crippen LogP contribution < -0.4 is 5.32 Å². The third-order valence-electron chi connectivity index (χ3n) is 9.18. The van der Waals surface area contributed by atoms with Crippen molar-refractivity contribution in [3.63, 3.8) is 0 Å². The summed E-state index contributed by atoms with van der Waals surface area (Å²) in [6, 6.07) is 58.3. The molecule has 50 heavy (non-hydrogen) atoms. The lowest BCUT2D eigenvalue weighted by atomic mass is 9.93. The van der Waals surface area contributed by atoms with Crippen LogP contribution in [0.2, 0.25) is 0 Å². The highest BCUT2D eigenvalue weighted by Crippen LogP contribution is 2.39. The van der Waals surface area contributed by atoms with E-state index in [1.165, 1.54) is 10.8 Å². The van der Waals surface area contributed by atoms with Crippen LogP contribution in [0.3, 0.4) is 0 Å². The smallest absolute Gasteiger partial charge is 0.164 e. The van der Waals surface area contributed by atoms with Crippen molar-refractivity contribution in [1.29, 1.82) is 0 Å². The predicted octanol–water partition coefficient (Wildman–Crippen LogP) is 10.3. The largest absolute Gasteiger partial charge is 0.359 e. The van der Waals surface area contributed by atoms with Crippen LogP contribution in [0.25, 0.3) is 61.4 Å². The highest BCUT2D eigenvalue weighted by atomic mass is 15.1. The van der Waals surface area contributed by atoms with E-state index in [1.807, 2.05) is 66.7 Å². The van der Waals surface area contributed by atoms with Gasteiger partial charge in [-0.05, 0) is 33.2 Å². The number of nitrogens with one attached hydrogen (secondary N) is 1. The van der Waals surface area contributed by atoms with Gasteiger partial charge >= 0.3 is 0 Å². The molecule has 1 N–H and O–H groups in total. The molecule has 0 saturated heterocycles. The monoisotopic (exact) mass is 641 g/mol. The molecule has 1 aliphatic rings. The lowest BCUT2D eigenvalue weighted by Crippen LogP contribution is -2.26. The molecule has 9 rings (SSSR count). The fourth-order valence-corrected chi connectivity index (χ4v) is 6.77. The quantitative estimate of drug-likeness (QED) is 0.196. The highest BCUT2D eigenvalue weighted by Gasteiger charge is 2.26. The van der Waals surface area contributed by atoms with Gasteiger partial charge in [-0.3, -0.25) is 4.99 Å². The van der Waals surface area contributed by atoms with E-state index < -0.39 is 6.17 Å². The summed E-state index contributed by atoms with van der Waals surface area (Å²) in [4.78, 5) is 20.7.